The van der Waals surface area contributed by atoms with Crippen LogP contribution in [0.1, 0.15) is 32.6 Å². The minimum Gasteiger partial charge on any atom is -0.377 e. The lowest BCUT2D eigenvalue weighted by Crippen LogP contribution is -2.45. The van der Waals surface area contributed by atoms with Gasteiger partial charge in [0.2, 0.25) is 0 Å². The maximum Gasteiger partial charge on any atom is 0.251 e. The molecule has 104 valence electrons. The van der Waals surface area contributed by atoms with E-state index < -0.39 is 0 Å². The lowest BCUT2D eigenvalue weighted by molar-refractivity contribution is -0.145. The van der Waals surface area contributed by atoms with Gasteiger partial charge in [0.15, 0.2) is 0 Å². The molecule has 0 radical (unpaired) electrons. The zero-order valence-corrected chi connectivity index (χ0v) is 11.1. The van der Waals surface area contributed by atoms with Crippen molar-refractivity contribution in [1.82, 2.24) is 4.90 Å². The summed E-state index contributed by atoms with van der Waals surface area (Å²) < 4.78 is 11.2. The maximum absolute atomic E-state index is 12.2. The average molecular weight is 256 g/mol. The van der Waals surface area contributed by atoms with Gasteiger partial charge in [0.05, 0.1) is 18.8 Å². The number of carbonyl (C=O) groups excluding carboxylic acids is 1. The van der Waals surface area contributed by atoms with Gasteiger partial charge in [-0.15, -0.1) is 0 Å². The molecule has 2 fully saturated rings. The standard InChI is InChI=1S/C13H24N2O3/c1-10-2-3-12(18-10)13(16)15-7-4-11(5-8-15)17-9-6-14/h10-12H,2-9,14H2,1H3. The van der Waals surface area contributed by atoms with E-state index in [4.69, 9.17) is 15.2 Å². The van der Waals surface area contributed by atoms with Gasteiger partial charge in [0.25, 0.3) is 5.91 Å². The van der Waals surface area contributed by atoms with Gasteiger partial charge in [0.1, 0.15) is 6.10 Å². The van der Waals surface area contributed by atoms with Crippen LogP contribution >= 0.6 is 0 Å². The van der Waals surface area contributed by atoms with Gasteiger partial charge in [-0.25, -0.2) is 0 Å². The van der Waals surface area contributed by atoms with Crippen LogP contribution in [-0.4, -0.2) is 55.4 Å². The van der Waals surface area contributed by atoms with E-state index >= 15 is 0 Å². The minimum atomic E-state index is -0.207. The van der Waals surface area contributed by atoms with Crippen LogP contribution in [0.3, 0.4) is 0 Å². The highest BCUT2D eigenvalue weighted by atomic mass is 16.5. The van der Waals surface area contributed by atoms with Crippen LogP contribution in [0.4, 0.5) is 0 Å². The summed E-state index contributed by atoms with van der Waals surface area (Å²) >= 11 is 0. The third-order valence-electron chi connectivity index (χ3n) is 3.73. The molecule has 0 aromatic carbocycles. The van der Waals surface area contributed by atoms with Crippen LogP contribution in [0.5, 0.6) is 0 Å². The molecular weight excluding hydrogens is 232 g/mol. The Bertz CT molecular complexity index is 277. The van der Waals surface area contributed by atoms with Gasteiger partial charge in [-0.2, -0.15) is 0 Å². The number of rotatable bonds is 4. The molecule has 2 heterocycles. The summed E-state index contributed by atoms with van der Waals surface area (Å²) in [6.07, 6.45) is 3.96. The number of hydrogen-bond acceptors (Lipinski definition) is 4. The lowest BCUT2D eigenvalue weighted by Gasteiger charge is -2.33. The Kier molecular flexibility index (Phi) is 4.97. The van der Waals surface area contributed by atoms with Crippen molar-refractivity contribution in [2.24, 2.45) is 5.73 Å². The van der Waals surface area contributed by atoms with Crippen LogP contribution in [0, 0.1) is 0 Å². The molecule has 0 saturated carbocycles. The average Bonchev–Trinajstić information content (AvgIpc) is 2.83. The molecule has 1 amide bonds. The molecule has 0 spiro atoms. The van der Waals surface area contributed by atoms with E-state index in [9.17, 15) is 4.79 Å². The first-order chi connectivity index (χ1) is 8.70. The van der Waals surface area contributed by atoms with Crippen molar-refractivity contribution in [3.8, 4) is 0 Å². The quantitative estimate of drug-likeness (QED) is 0.796. The number of amides is 1. The maximum atomic E-state index is 12.2. The van der Waals surface area contributed by atoms with Crippen LogP contribution in [0.15, 0.2) is 0 Å². The van der Waals surface area contributed by atoms with Crippen molar-refractivity contribution < 1.29 is 14.3 Å². The normalized spacial score (nSPS) is 29.8. The molecule has 0 aromatic heterocycles. The fourth-order valence-corrected chi connectivity index (χ4v) is 2.67. The monoisotopic (exact) mass is 256 g/mol. The van der Waals surface area contributed by atoms with Gasteiger partial charge in [-0.05, 0) is 32.6 Å². The second-order valence-corrected chi connectivity index (χ2v) is 5.20. The first kappa shape index (κ1) is 13.8. The molecule has 0 aromatic rings. The van der Waals surface area contributed by atoms with E-state index in [0.29, 0.717) is 13.2 Å². The van der Waals surface area contributed by atoms with Gasteiger partial charge in [-0.1, -0.05) is 0 Å². The fraction of sp³-hybridized carbons (Fsp3) is 0.923. The summed E-state index contributed by atoms with van der Waals surface area (Å²) in [7, 11) is 0. The van der Waals surface area contributed by atoms with E-state index in [2.05, 4.69) is 0 Å². The van der Waals surface area contributed by atoms with Crippen molar-refractivity contribution >= 4 is 5.91 Å². The van der Waals surface area contributed by atoms with Crippen molar-refractivity contribution in [1.29, 1.82) is 0 Å². The number of nitrogens with two attached hydrogens (primary N) is 1. The molecule has 5 nitrogen and oxygen atoms in total. The Morgan fingerprint density at radius 1 is 1.33 bits per heavy atom. The molecule has 5 heteroatoms. The molecule has 2 N–H and O–H groups in total. The third kappa shape index (κ3) is 3.43. The summed E-state index contributed by atoms with van der Waals surface area (Å²) in [5.74, 6) is 0.164. The zero-order chi connectivity index (χ0) is 13.0. The number of hydrogen-bond donors (Lipinski definition) is 1. The topological polar surface area (TPSA) is 64.8 Å². The smallest absolute Gasteiger partial charge is 0.251 e. The highest BCUT2D eigenvalue weighted by molar-refractivity contribution is 5.81. The number of likely N-dealkylation sites (tertiary alicyclic amines) is 1. The largest absolute Gasteiger partial charge is 0.377 e. The molecule has 0 aliphatic carbocycles. The van der Waals surface area contributed by atoms with Gasteiger partial charge in [-0.3, -0.25) is 4.79 Å². The van der Waals surface area contributed by atoms with E-state index in [1.54, 1.807) is 0 Å². The van der Waals surface area contributed by atoms with Gasteiger partial charge < -0.3 is 20.1 Å². The summed E-state index contributed by atoms with van der Waals surface area (Å²) in [6, 6.07) is 0. The molecule has 2 unspecified atom stereocenters. The van der Waals surface area contributed by atoms with Gasteiger partial charge >= 0.3 is 0 Å². The Hall–Kier alpha value is -0.650. The highest BCUT2D eigenvalue weighted by Crippen LogP contribution is 2.23. The van der Waals surface area contributed by atoms with Crippen molar-refractivity contribution in [2.45, 2.75) is 50.9 Å². The minimum absolute atomic E-state index is 0.164. The SMILES string of the molecule is CC1CCC(C(=O)N2CCC(OCCN)CC2)O1. The lowest BCUT2D eigenvalue weighted by atomic mass is 10.1. The molecular formula is C13H24N2O3. The first-order valence-electron chi connectivity index (χ1n) is 6.96. The van der Waals surface area contributed by atoms with Crippen molar-refractivity contribution in [2.75, 3.05) is 26.2 Å². The Balaban J connectivity index is 1.73. The molecule has 2 aliphatic rings. The predicted octanol–water partition coefficient (Wildman–Crippen LogP) is 0.520. The molecule has 18 heavy (non-hydrogen) atoms. The first-order valence-corrected chi connectivity index (χ1v) is 6.96. The molecule has 2 aliphatic heterocycles. The Labute approximate surface area is 109 Å². The number of ether oxygens (including phenoxy) is 2. The molecule has 0 bridgehead atoms. The second kappa shape index (κ2) is 6.50. The Morgan fingerprint density at radius 2 is 2.06 bits per heavy atom. The van der Waals surface area contributed by atoms with E-state index in [1.165, 1.54) is 0 Å². The third-order valence-corrected chi connectivity index (χ3v) is 3.73. The Morgan fingerprint density at radius 3 is 2.61 bits per heavy atom. The number of nitrogens with zero attached hydrogens (tertiary/aromatic N) is 1. The van der Waals surface area contributed by atoms with E-state index in [0.717, 1.165) is 38.8 Å². The summed E-state index contributed by atoms with van der Waals surface area (Å²) in [5, 5.41) is 0. The van der Waals surface area contributed by atoms with Crippen molar-refractivity contribution in [3.05, 3.63) is 0 Å². The number of piperidine rings is 1. The molecule has 2 rings (SSSR count). The summed E-state index contributed by atoms with van der Waals surface area (Å²) in [4.78, 5) is 14.1. The zero-order valence-electron chi connectivity index (χ0n) is 11.1. The van der Waals surface area contributed by atoms with E-state index in [-0.39, 0.29) is 24.2 Å². The number of carbonyl (C=O) groups is 1. The molecule has 2 saturated heterocycles. The fourth-order valence-electron chi connectivity index (χ4n) is 2.67. The highest BCUT2D eigenvalue weighted by Gasteiger charge is 2.33. The van der Waals surface area contributed by atoms with Crippen LogP contribution in [-0.2, 0) is 14.3 Å². The predicted molar refractivity (Wildman–Crippen MR) is 68.2 cm³/mol. The summed E-state index contributed by atoms with van der Waals surface area (Å²) in [6.45, 7) is 4.76. The van der Waals surface area contributed by atoms with Crippen LogP contribution < -0.4 is 5.73 Å². The van der Waals surface area contributed by atoms with Crippen LogP contribution in [0.25, 0.3) is 0 Å². The van der Waals surface area contributed by atoms with Gasteiger partial charge in [0, 0.05) is 19.6 Å². The summed E-state index contributed by atoms with van der Waals surface area (Å²) in [5.41, 5.74) is 5.41. The van der Waals surface area contributed by atoms with Crippen LogP contribution in [0.2, 0.25) is 0 Å². The molecule has 2 atom stereocenters. The van der Waals surface area contributed by atoms with E-state index in [1.807, 2.05) is 11.8 Å². The van der Waals surface area contributed by atoms with Crippen molar-refractivity contribution in [3.63, 3.8) is 0 Å². The second-order valence-electron chi connectivity index (χ2n) is 5.20.